The second kappa shape index (κ2) is 7.29. The molecule has 25 heavy (non-hydrogen) atoms. The number of halogens is 5. The molecule has 4 nitrogen and oxygen atoms in total. The normalized spacial score (nSPS) is 10.5. The van der Waals surface area contributed by atoms with Crippen LogP contribution < -0.4 is 10.2 Å². The summed E-state index contributed by atoms with van der Waals surface area (Å²) in [7, 11) is 0. The van der Waals surface area contributed by atoms with Crippen LogP contribution in [-0.2, 0) is 9.59 Å². The van der Waals surface area contributed by atoms with Gasteiger partial charge in [0.2, 0.25) is 11.8 Å². The van der Waals surface area contributed by atoms with Crippen LogP contribution in [0.2, 0.25) is 0 Å². The number of amides is 2. The molecule has 0 saturated carbocycles. The van der Waals surface area contributed by atoms with Gasteiger partial charge >= 0.3 is 0 Å². The molecule has 2 aromatic carbocycles. The zero-order chi connectivity index (χ0) is 18.7. The Morgan fingerprint density at radius 1 is 0.920 bits per heavy atom. The Hall–Kier alpha value is -2.97. The lowest BCUT2D eigenvalue weighted by atomic mass is 10.2. The number of rotatable bonds is 4. The first-order valence-electron chi connectivity index (χ1n) is 6.87. The number of benzene rings is 2. The van der Waals surface area contributed by atoms with Crippen LogP contribution >= 0.6 is 0 Å². The number of carbonyl (C=O) groups is 2. The maximum absolute atomic E-state index is 13.8. The number of nitrogens with one attached hydrogen (secondary N) is 1. The van der Waals surface area contributed by atoms with E-state index >= 15 is 0 Å². The van der Waals surface area contributed by atoms with Gasteiger partial charge in [-0.05, 0) is 24.3 Å². The standard InChI is InChI=1S/C16H11F5N2O2/c1-8(24)23(16-10(18)3-2-4-11(16)19)7-13(25)22-12-6-5-9(17)14(20)15(12)21/h2-6H,7H2,1H3,(H,22,25). The van der Waals surface area contributed by atoms with E-state index in [1.54, 1.807) is 0 Å². The van der Waals surface area contributed by atoms with Crippen molar-refractivity contribution >= 4 is 23.2 Å². The summed E-state index contributed by atoms with van der Waals surface area (Å²) < 4.78 is 67.1. The summed E-state index contributed by atoms with van der Waals surface area (Å²) in [4.78, 5) is 24.1. The minimum atomic E-state index is -1.79. The minimum Gasteiger partial charge on any atom is -0.322 e. The van der Waals surface area contributed by atoms with E-state index in [0.29, 0.717) is 11.0 Å². The Morgan fingerprint density at radius 3 is 2.08 bits per heavy atom. The maximum Gasteiger partial charge on any atom is 0.244 e. The molecular weight excluding hydrogens is 347 g/mol. The lowest BCUT2D eigenvalue weighted by Gasteiger charge is -2.21. The second-order valence-electron chi connectivity index (χ2n) is 4.95. The van der Waals surface area contributed by atoms with Crippen LogP contribution in [0.1, 0.15) is 6.92 Å². The molecule has 0 atom stereocenters. The molecule has 0 spiro atoms. The minimum absolute atomic E-state index is 0.498. The highest BCUT2D eigenvalue weighted by Gasteiger charge is 2.23. The fraction of sp³-hybridized carbons (Fsp3) is 0.125. The van der Waals surface area contributed by atoms with E-state index in [0.717, 1.165) is 31.2 Å². The fourth-order valence-corrected chi connectivity index (χ4v) is 2.05. The third kappa shape index (κ3) is 3.93. The van der Waals surface area contributed by atoms with Crippen molar-refractivity contribution in [2.24, 2.45) is 0 Å². The molecule has 0 fully saturated rings. The quantitative estimate of drug-likeness (QED) is 0.673. The maximum atomic E-state index is 13.8. The van der Waals surface area contributed by atoms with Crippen LogP contribution in [0.15, 0.2) is 30.3 Å². The lowest BCUT2D eigenvalue weighted by Crippen LogP contribution is -2.38. The Bertz CT molecular complexity index is 821. The Balaban J connectivity index is 2.25. The van der Waals surface area contributed by atoms with Gasteiger partial charge in [0.15, 0.2) is 17.5 Å². The molecule has 0 aliphatic carbocycles. The summed E-state index contributed by atoms with van der Waals surface area (Å²) >= 11 is 0. The van der Waals surface area contributed by atoms with Crippen molar-refractivity contribution in [1.29, 1.82) is 0 Å². The first kappa shape index (κ1) is 18.4. The number of nitrogens with zero attached hydrogens (tertiary/aromatic N) is 1. The van der Waals surface area contributed by atoms with Crippen LogP contribution in [-0.4, -0.2) is 18.4 Å². The second-order valence-corrected chi connectivity index (χ2v) is 4.95. The Labute approximate surface area is 138 Å². The Kier molecular flexibility index (Phi) is 5.35. The summed E-state index contributed by atoms with van der Waals surface area (Å²) in [5, 5.41) is 1.91. The molecule has 2 aromatic rings. The molecule has 2 amide bonds. The zero-order valence-corrected chi connectivity index (χ0v) is 12.7. The van der Waals surface area contributed by atoms with E-state index in [1.807, 2.05) is 5.32 Å². The van der Waals surface area contributed by atoms with Gasteiger partial charge in [-0.2, -0.15) is 0 Å². The summed E-state index contributed by atoms with van der Waals surface area (Å²) in [6.45, 7) is 0.100. The third-order valence-corrected chi connectivity index (χ3v) is 3.20. The van der Waals surface area contributed by atoms with Crippen molar-refractivity contribution in [1.82, 2.24) is 0 Å². The largest absolute Gasteiger partial charge is 0.322 e. The van der Waals surface area contributed by atoms with Crippen LogP contribution in [0.4, 0.5) is 33.3 Å². The summed E-state index contributed by atoms with van der Waals surface area (Å²) in [5.41, 5.74) is -1.43. The number of carbonyl (C=O) groups excluding carboxylic acids is 2. The predicted octanol–water partition coefficient (Wildman–Crippen LogP) is 3.37. The smallest absolute Gasteiger partial charge is 0.244 e. The third-order valence-electron chi connectivity index (χ3n) is 3.20. The topological polar surface area (TPSA) is 49.4 Å². The summed E-state index contributed by atoms with van der Waals surface area (Å²) in [6.07, 6.45) is 0. The fourth-order valence-electron chi connectivity index (χ4n) is 2.05. The molecule has 9 heteroatoms. The average Bonchev–Trinajstić information content (AvgIpc) is 2.54. The lowest BCUT2D eigenvalue weighted by molar-refractivity contribution is -0.120. The molecule has 0 bridgehead atoms. The van der Waals surface area contributed by atoms with E-state index < -0.39 is 58.8 Å². The first-order chi connectivity index (χ1) is 11.7. The van der Waals surface area contributed by atoms with E-state index in [2.05, 4.69) is 0 Å². The van der Waals surface area contributed by atoms with Gasteiger partial charge in [0.05, 0.1) is 5.69 Å². The van der Waals surface area contributed by atoms with Gasteiger partial charge in [-0.1, -0.05) is 6.07 Å². The van der Waals surface area contributed by atoms with Gasteiger partial charge < -0.3 is 5.32 Å². The van der Waals surface area contributed by atoms with Crippen molar-refractivity contribution in [3.63, 3.8) is 0 Å². The number of hydrogen-bond donors (Lipinski definition) is 1. The van der Waals surface area contributed by atoms with Crippen molar-refractivity contribution < 1.29 is 31.5 Å². The zero-order valence-electron chi connectivity index (χ0n) is 12.7. The highest BCUT2D eigenvalue weighted by Crippen LogP contribution is 2.24. The first-order valence-corrected chi connectivity index (χ1v) is 6.87. The summed E-state index contributed by atoms with van der Waals surface area (Å²) in [5.74, 6) is -8.97. The Morgan fingerprint density at radius 2 is 1.52 bits per heavy atom. The van der Waals surface area contributed by atoms with Gasteiger partial charge in [-0.25, -0.2) is 22.0 Å². The van der Waals surface area contributed by atoms with Crippen LogP contribution in [0, 0.1) is 29.1 Å². The molecule has 132 valence electrons. The predicted molar refractivity (Wildman–Crippen MR) is 79.3 cm³/mol. The van der Waals surface area contributed by atoms with Crippen molar-refractivity contribution in [2.45, 2.75) is 6.92 Å². The van der Waals surface area contributed by atoms with Gasteiger partial charge in [0, 0.05) is 6.92 Å². The van der Waals surface area contributed by atoms with Crippen LogP contribution in [0.25, 0.3) is 0 Å². The van der Waals surface area contributed by atoms with Crippen molar-refractivity contribution in [2.75, 3.05) is 16.8 Å². The molecule has 2 rings (SSSR count). The average molecular weight is 358 g/mol. The van der Waals surface area contributed by atoms with E-state index in [9.17, 15) is 31.5 Å². The highest BCUT2D eigenvalue weighted by molar-refractivity contribution is 6.02. The van der Waals surface area contributed by atoms with Gasteiger partial charge in [-0.3, -0.25) is 14.5 Å². The van der Waals surface area contributed by atoms with Crippen molar-refractivity contribution in [3.05, 3.63) is 59.4 Å². The number of anilines is 2. The molecule has 0 aliphatic rings. The molecule has 0 unspecified atom stereocenters. The molecule has 1 N–H and O–H groups in total. The monoisotopic (exact) mass is 358 g/mol. The number of hydrogen-bond acceptors (Lipinski definition) is 2. The van der Waals surface area contributed by atoms with Crippen molar-refractivity contribution in [3.8, 4) is 0 Å². The SMILES string of the molecule is CC(=O)N(CC(=O)Nc1ccc(F)c(F)c1F)c1c(F)cccc1F. The van der Waals surface area contributed by atoms with Gasteiger partial charge in [0.25, 0.3) is 0 Å². The van der Waals surface area contributed by atoms with Crippen LogP contribution in [0.5, 0.6) is 0 Å². The molecule has 0 heterocycles. The molecule has 0 aromatic heterocycles. The highest BCUT2D eigenvalue weighted by atomic mass is 19.2. The van der Waals surface area contributed by atoms with E-state index in [4.69, 9.17) is 0 Å². The van der Waals surface area contributed by atoms with Crippen LogP contribution in [0.3, 0.4) is 0 Å². The number of para-hydroxylation sites is 1. The molecule has 0 radical (unpaired) electrons. The van der Waals surface area contributed by atoms with Gasteiger partial charge in [-0.15, -0.1) is 0 Å². The molecular formula is C16H11F5N2O2. The van der Waals surface area contributed by atoms with E-state index in [-0.39, 0.29) is 0 Å². The molecule has 0 saturated heterocycles. The summed E-state index contributed by atoms with van der Waals surface area (Å²) in [6, 6.07) is 4.21. The van der Waals surface area contributed by atoms with E-state index in [1.165, 1.54) is 0 Å². The molecule has 0 aliphatic heterocycles. The van der Waals surface area contributed by atoms with Gasteiger partial charge in [0.1, 0.15) is 23.9 Å².